The summed E-state index contributed by atoms with van der Waals surface area (Å²) in [6, 6.07) is 14.3. The third kappa shape index (κ3) is 4.27. The molecule has 4 nitrogen and oxygen atoms in total. The zero-order valence-electron chi connectivity index (χ0n) is 17.9. The monoisotopic (exact) mass is 420 g/mol. The lowest BCUT2D eigenvalue weighted by Gasteiger charge is -2.29. The summed E-state index contributed by atoms with van der Waals surface area (Å²) in [5.41, 5.74) is 1.49. The van der Waals surface area contributed by atoms with Crippen molar-refractivity contribution in [3.8, 4) is 11.1 Å². The van der Waals surface area contributed by atoms with Gasteiger partial charge in [-0.1, -0.05) is 55.5 Å². The van der Waals surface area contributed by atoms with Gasteiger partial charge in [-0.2, -0.15) is 0 Å². The Bertz CT molecular complexity index is 1000. The molecule has 3 unspecified atom stereocenters. The maximum Gasteiger partial charge on any atom is 0.228 e. The van der Waals surface area contributed by atoms with Crippen LogP contribution in [0.4, 0.5) is 4.39 Å². The molecule has 2 fully saturated rings. The first kappa shape index (κ1) is 21.3. The number of carbonyl (C=O) groups is 2. The average molecular weight is 421 g/mol. The molecule has 1 N–H and O–H groups in total. The molecule has 2 aromatic carbocycles. The molecule has 0 radical (unpaired) electrons. The average Bonchev–Trinajstić information content (AvgIpc) is 3.35. The van der Waals surface area contributed by atoms with Crippen molar-refractivity contribution in [2.45, 2.75) is 26.2 Å². The second kappa shape index (κ2) is 8.66. The molecular weight excluding hydrogens is 391 g/mol. The maximum absolute atomic E-state index is 14.5. The van der Waals surface area contributed by atoms with Crippen LogP contribution >= 0.6 is 0 Å². The van der Waals surface area contributed by atoms with Crippen molar-refractivity contribution in [3.05, 3.63) is 72.6 Å². The van der Waals surface area contributed by atoms with Gasteiger partial charge in [-0.05, 0) is 42.4 Å². The van der Waals surface area contributed by atoms with Gasteiger partial charge < -0.3 is 10.2 Å². The van der Waals surface area contributed by atoms with E-state index in [-0.39, 0.29) is 23.5 Å². The van der Waals surface area contributed by atoms with Gasteiger partial charge in [0.05, 0.1) is 5.41 Å². The molecule has 1 saturated heterocycles. The molecule has 0 aromatic heterocycles. The van der Waals surface area contributed by atoms with Crippen LogP contribution in [-0.4, -0.2) is 36.3 Å². The molecule has 2 aromatic rings. The largest absolute Gasteiger partial charge is 0.352 e. The van der Waals surface area contributed by atoms with Crippen molar-refractivity contribution in [2.75, 3.05) is 19.6 Å². The third-order valence-corrected chi connectivity index (χ3v) is 6.69. The fourth-order valence-corrected chi connectivity index (χ4v) is 4.70. The highest BCUT2D eigenvalue weighted by Gasteiger charge is 2.49. The standard InChI is InChI=1S/C26H29FN2O2/c1-3-13-28-25(31)26(12-14-29(17-26)24(30)22-15-18(22)2)16-19-8-4-5-9-20(19)21-10-6-7-11-23(21)27/h3-11,18,22H,1,12-17H2,2H3,(H,28,31). The minimum atomic E-state index is -0.738. The first-order valence-corrected chi connectivity index (χ1v) is 11.0. The molecule has 5 heteroatoms. The minimum absolute atomic E-state index is 0.0742. The Morgan fingerprint density at radius 1 is 1.19 bits per heavy atom. The zero-order valence-corrected chi connectivity index (χ0v) is 17.9. The predicted octanol–water partition coefficient (Wildman–Crippen LogP) is 4.21. The van der Waals surface area contributed by atoms with Crippen LogP contribution in [-0.2, 0) is 16.0 Å². The number of amides is 2. The van der Waals surface area contributed by atoms with Gasteiger partial charge in [0.1, 0.15) is 5.82 Å². The number of hydrogen-bond donors (Lipinski definition) is 1. The molecule has 31 heavy (non-hydrogen) atoms. The second-order valence-corrected chi connectivity index (χ2v) is 8.92. The van der Waals surface area contributed by atoms with E-state index in [4.69, 9.17) is 0 Å². The van der Waals surface area contributed by atoms with Gasteiger partial charge in [0.2, 0.25) is 11.8 Å². The number of hydrogen-bond acceptors (Lipinski definition) is 2. The van der Waals surface area contributed by atoms with E-state index in [1.807, 2.05) is 35.2 Å². The summed E-state index contributed by atoms with van der Waals surface area (Å²) < 4.78 is 14.5. The summed E-state index contributed by atoms with van der Waals surface area (Å²) in [4.78, 5) is 28.0. The predicted molar refractivity (Wildman–Crippen MR) is 120 cm³/mol. The molecule has 1 aliphatic heterocycles. The van der Waals surface area contributed by atoms with Crippen molar-refractivity contribution in [3.63, 3.8) is 0 Å². The smallest absolute Gasteiger partial charge is 0.228 e. The molecule has 0 bridgehead atoms. The van der Waals surface area contributed by atoms with Crippen molar-refractivity contribution in [2.24, 2.45) is 17.3 Å². The molecule has 2 aliphatic rings. The normalized spacial score (nSPS) is 24.6. The van der Waals surface area contributed by atoms with Crippen molar-refractivity contribution >= 4 is 11.8 Å². The summed E-state index contributed by atoms with van der Waals surface area (Å²) in [7, 11) is 0. The SMILES string of the molecule is C=CCNC(=O)C1(Cc2ccccc2-c2ccccc2F)CCN(C(=O)C2CC2C)C1. The summed E-state index contributed by atoms with van der Waals surface area (Å²) in [6.07, 6.45) is 3.63. The Kier molecular flexibility index (Phi) is 5.94. The molecule has 162 valence electrons. The van der Waals surface area contributed by atoms with Gasteiger partial charge in [0, 0.05) is 31.1 Å². The van der Waals surface area contributed by atoms with E-state index in [9.17, 15) is 14.0 Å². The first-order chi connectivity index (χ1) is 14.9. The molecular formula is C26H29FN2O2. The van der Waals surface area contributed by atoms with Gasteiger partial charge >= 0.3 is 0 Å². The highest BCUT2D eigenvalue weighted by Crippen LogP contribution is 2.43. The fraction of sp³-hybridized carbons (Fsp3) is 0.385. The number of nitrogens with one attached hydrogen (secondary N) is 1. The Balaban J connectivity index is 1.65. The van der Waals surface area contributed by atoms with Gasteiger partial charge in [-0.25, -0.2) is 4.39 Å². The summed E-state index contributed by atoms with van der Waals surface area (Å²) >= 11 is 0. The zero-order chi connectivity index (χ0) is 22.0. The molecule has 1 aliphatic carbocycles. The first-order valence-electron chi connectivity index (χ1n) is 11.0. The minimum Gasteiger partial charge on any atom is -0.352 e. The van der Waals surface area contributed by atoms with Crippen molar-refractivity contribution in [1.82, 2.24) is 10.2 Å². The van der Waals surface area contributed by atoms with E-state index in [0.29, 0.717) is 44.0 Å². The highest BCUT2D eigenvalue weighted by molar-refractivity contribution is 5.87. The van der Waals surface area contributed by atoms with Crippen LogP contribution in [0.25, 0.3) is 11.1 Å². The Morgan fingerprint density at radius 2 is 1.87 bits per heavy atom. The Labute approximate surface area is 183 Å². The number of halogens is 1. The van der Waals surface area contributed by atoms with Gasteiger partial charge in [-0.15, -0.1) is 6.58 Å². The van der Waals surface area contributed by atoms with Crippen LogP contribution in [0.2, 0.25) is 0 Å². The van der Waals surface area contributed by atoms with E-state index < -0.39 is 5.41 Å². The van der Waals surface area contributed by atoms with Crippen molar-refractivity contribution in [1.29, 1.82) is 0 Å². The molecule has 0 spiro atoms. The fourth-order valence-electron chi connectivity index (χ4n) is 4.70. The molecule has 1 saturated carbocycles. The van der Waals surface area contributed by atoms with Gasteiger partial charge in [0.25, 0.3) is 0 Å². The molecule has 1 heterocycles. The summed E-state index contributed by atoms with van der Waals surface area (Å²) in [6.45, 7) is 7.13. The molecule has 2 amide bonds. The highest BCUT2D eigenvalue weighted by atomic mass is 19.1. The number of rotatable bonds is 7. The lowest BCUT2D eigenvalue weighted by molar-refractivity contribution is -0.134. The maximum atomic E-state index is 14.5. The van der Waals surface area contributed by atoms with E-state index in [1.54, 1.807) is 18.2 Å². The molecule has 3 atom stereocenters. The van der Waals surface area contributed by atoms with Gasteiger partial charge in [-0.3, -0.25) is 9.59 Å². The van der Waals surface area contributed by atoms with Gasteiger partial charge in [0.15, 0.2) is 0 Å². The Morgan fingerprint density at radius 3 is 2.55 bits per heavy atom. The van der Waals surface area contributed by atoms with E-state index in [1.165, 1.54) is 6.07 Å². The topological polar surface area (TPSA) is 49.4 Å². The lowest BCUT2D eigenvalue weighted by atomic mass is 9.78. The van der Waals surface area contributed by atoms with Crippen LogP contribution in [0.3, 0.4) is 0 Å². The van der Waals surface area contributed by atoms with Crippen molar-refractivity contribution < 1.29 is 14.0 Å². The van der Waals surface area contributed by atoms with E-state index in [2.05, 4.69) is 18.8 Å². The second-order valence-electron chi connectivity index (χ2n) is 8.92. The molecule has 4 rings (SSSR count). The van der Waals surface area contributed by atoms with Crippen LogP contribution in [0.1, 0.15) is 25.3 Å². The quantitative estimate of drug-likeness (QED) is 0.682. The number of likely N-dealkylation sites (tertiary alicyclic amines) is 1. The number of carbonyl (C=O) groups excluding carboxylic acids is 2. The van der Waals surface area contributed by atoms with Crippen LogP contribution < -0.4 is 5.32 Å². The van der Waals surface area contributed by atoms with Crippen LogP contribution in [0, 0.1) is 23.1 Å². The summed E-state index contributed by atoms with van der Waals surface area (Å²) in [5.74, 6) is 0.325. The lowest BCUT2D eigenvalue weighted by Crippen LogP contribution is -2.45. The van der Waals surface area contributed by atoms with E-state index in [0.717, 1.165) is 17.5 Å². The number of benzene rings is 2. The van der Waals surface area contributed by atoms with Crippen LogP contribution in [0.5, 0.6) is 0 Å². The van der Waals surface area contributed by atoms with E-state index >= 15 is 0 Å². The Hall–Kier alpha value is -2.95. The third-order valence-electron chi connectivity index (χ3n) is 6.69. The summed E-state index contributed by atoms with van der Waals surface area (Å²) in [5, 5.41) is 2.95. The number of nitrogens with zero attached hydrogens (tertiary/aromatic N) is 1. The van der Waals surface area contributed by atoms with Crippen LogP contribution in [0.15, 0.2) is 61.2 Å².